The van der Waals surface area contributed by atoms with Crippen molar-refractivity contribution < 1.29 is 29.0 Å². The van der Waals surface area contributed by atoms with Crippen LogP contribution in [0.15, 0.2) is 22.6 Å². The van der Waals surface area contributed by atoms with E-state index >= 15 is 0 Å². The summed E-state index contributed by atoms with van der Waals surface area (Å²) in [4.78, 5) is 23.3. The van der Waals surface area contributed by atoms with Crippen molar-refractivity contribution >= 4 is 23.3 Å². The molecule has 0 atom stereocenters. The molecule has 0 radical (unpaired) electrons. The van der Waals surface area contributed by atoms with Crippen molar-refractivity contribution in [2.24, 2.45) is 0 Å². The van der Waals surface area contributed by atoms with Gasteiger partial charge in [0.25, 0.3) is 0 Å². The third kappa shape index (κ3) is 2.53. The predicted octanol–water partition coefficient (Wildman–Crippen LogP) is 2.22. The highest BCUT2D eigenvalue weighted by atomic mass is 16.5. The van der Waals surface area contributed by atoms with E-state index in [1.165, 1.54) is 12.0 Å². The molecule has 0 unspecified atom stereocenters. The number of hydrogen-bond acceptors (Lipinski definition) is 5. The lowest BCUT2D eigenvalue weighted by molar-refractivity contribution is -0.0201. The van der Waals surface area contributed by atoms with Crippen molar-refractivity contribution in [1.82, 2.24) is 4.90 Å². The molecule has 1 aliphatic heterocycles. The van der Waals surface area contributed by atoms with Crippen LogP contribution < -0.4 is 4.74 Å². The molecule has 1 saturated heterocycles. The summed E-state index contributed by atoms with van der Waals surface area (Å²) in [6.07, 6.45) is 0.170. The van der Waals surface area contributed by atoms with E-state index in [1.807, 2.05) is 0 Å². The molecule has 0 saturated carbocycles. The molecular formula is C16H17NO6. The summed E-state index contributed by atoms with van der Waals surface area (Å²) < 4.78 is 10.7. The first kappa shape index (κ1) is 15.4. The fraction of sp³-hybridized carbons (Fsp3) is 0.375. The number of ether oxygens (including phenoxy) is 1. The van der Waals surface area contributed by atoms with Gasteiger partial charge in [-0.25, -0.2) is 4.79 Å². The van der Waals surface area contributed by atoms with Crippen LogP contribution in [0.3, 0.4) is 0 Å². The number of carbonyl (C=O) groups excluding carboxylic acids is 1. The number of furan rings is 1. The largest absolute Gasteiger partial charge is 0.493 e. The molecule has 122 valence electrons. The van der Waals surface area contributed by atoms with E-state index < -0.39 is 11.7 Å². The van der Waals surface area contributed by atoms with Crippen LogP contribution in [-0.2, 0) is 5.60 Å². The van der Waals surface area contributed by atoms with Crippen molar-refractivity contribution in [2.45, 2.75) is 18.4 Å². The molecule has 0 spiro atoms. The smallest absolute Gasteiger partial charge is 0.407 e. The molecule has 0 bridgehead atoms. The van der Waals surface area contributed by atoms with Crippen LogP contribution in [0, 0.1) is 0 Å². The SMILES string of the molecule is COc1ccc(C2(O)CCN(C(=O)O)CC2)c2cc(C=O)oc12. The van der Waals surface area contributed by atoms with Crippen molar-refractivity contribution in [3.63, 3.8) is 0 Å². The lowest BCUT2D eigenvalue weighted by Crippen LogP contribution is -2.44. The van der Waals surface area contributed by atoms with Crippen LogP contribution in [0.25, 0.3) is 11.0 Å². The number of amides is 1. The Kier molecular flexibility index (Phi) is 3.73. The Hall–Kier alpha value is -2.54. The number of fused-ring (bicyclic) bond motifs is 1. The summed E-state index contributed by atoms with van der Waals surface area (Å²) in [5, 5.41) is 20.6. The Morgan fingerprint density at radius 1 is 1.39 bits per heavy atom. The third-order valence-corrected chi connectivity index (χ3v) is 4.37. The lowest BCUT2D eigenvalue weighted by atomic mass is 9.83. The summed E-state index contributed by atoms with van der Waals surface area (Å²) in [5.41, 5.74) is -0.142. The average Bonchev–Trinajstić information content (AvgIpc) is 2.98. The molecule has 7 heteroatoms. The number of aliphatic hydroxyl groups is 1. The van der Waals surface area contributed by atoms with Crippen LogP contribution in [0.1, 0.15) is 29.0 Å². The molecule has 1 fully saturated rings. The van der Waals surface area contributed by atoms with Crippen molar-refractivity contribution in [2.75, 3.05) is 20.2 Å². The number of hydrogen-bond donors (Lipinski definition) is 2. The average molecular weight is 319 g/mol. The molecule has 1 aromatic carbocycles. The second kappa shape index (κ2) is 5.58. The highest BCUT2D eigenvalue weighted by Crippen LogP contribution is 2.40. The van der Waals surface area contributed by atoms with Gasteiger partial charge in [-0.1, -0.05) is 6.07 Å². The minimum absolute atomic E-state index is 0.150. The summed E-state index contributed by atoms with van der Waals surface area (Å²) in [5.74, 6) is 0.626. The maximum absolute atomic E-state index is 11.0. The lowest BCUT2D eigenvalue weighted by Gasteiger charge is -2.37. The zero-order chi connectivity index (χ0) is 16.6. The maximum atomic E-state index is 11.0. The second-order valence-corrected chi connectivity index (χ2v) is 5.63. The number of rotatable bonds is 3. The monoisotopic (exact) mass is 319 g/mol. The van der Waals surface area contributed by atoms with E-state index in [-0.39, 0.29) is 31.7 Å². The van der Waals surface area contributed by atoms with Gasteiger partial charge in [0.15, 0.2) is 23.4 Å². The number of likely N-dealkylation sites (tertiary alicyclic amines) is 1. The molecule has 2 heterocycles. The van der Waals surface area contributed by atoms with Crippen molar-refractivity contribution in [1.29, 1.82) is 0 Å². The number of methoxy groups -OCH3 is 1. The number of nitrogens with zero attached hydrogens (tertiary/aromatic N) is 1. The summed E-state index contributed by atoms with van der Waals surface area (Å²) in [6, 6.07) is 4.99. The fourth-order valence-corrected chi connectivity index (χ4v) is 3.08. The van der Waals surface area contributed by atoms with Gasteiger partial charge in [0.05, 0.1) is 12.7 Å². The normalized spacial score (nSPS) is 17.2. The van der Waals surface area contributed by atoms with Crippen LogP contribution in [0.2, 0.25) is 0 Å². The first-order valence-corrected chi connectivity index (χ1v) is 7.25. The Balaban J connectivity index is 2.04. The molecule has 0 aliphatic carbocycles. The first-order chi connectivity index (χ1) is 11.0. The molecular weight excluding hydrogens is 302 g/mol. The van der Waals surface area contributed by atoms with E-state index in [0.717, 1.165) is 0 Å². The molecule has 23 heavy (non-hydrogen) atoms. The Labute approximate surface area is 132 Å². The minimum atomic E-state index is -1.17. The van der Waals surface area contributed by atoms with Crippen LogP contribution in [0.4, 0.5) is 4.79 Å². The summed E-state index contributed by atoms with van der Waals surface area (Å²) >= 11 is 0. The van der Waals surface area contributed by atoms with Crippen molar-refractivity contribution in [3.05, 3.63) is 29.5 Å². The molecule has 1 aromatic heterocycles. The summed E-state index contributed by atoms with van der Waals surface area (Å²) in [7, 11) is 1.50. The minimum Gasteiger partial charge on any atom is -0.493 e. The van der Waals surface area contributed by atoms with E-state index in [1.54, 1.807) is 18.2 Å². The van der Waals surface area contributed by atoms with Crippen molar-refractivity contribution in [3.8, 4) is 5.75 Å². The number of aldehydes is 1. The molecule has 1 amide bonds. The van der Waals surface area contributed by atoms with E-state index in [9.17, 15) is 14.7 Å². The number of piperidine rings is 1. The second-order valence-electron chi connectivity index (χ2n) is 5.63. The van der Waals surface area contributed by atoms with Gasteiger partial charge < -0.3 is 24.3 Å². The zero-order valence-corrected chi connectivity index (χ0v) is 12.6. The van der Waals surface area contributed by atoms with Gasteiger partial charge in [0.1, 0.15) is 0 Å². The fourth-order valence-electron chi connectivity index (χ4n) is 3.08. The molecule has 1 aliphatic rings. The summed E-state index contributed by atoms with van der Waals surface area (Å²) in [6.45, 7) is 0.496. The zero-order valence-electron chi connectivity index (χ0n) is 12.6. The Morgan fingerprint density at radius 2 is 2.09 bits per heavy atom. The van der Waals surface area contributed by atoms with E-state index in [2.05, 4.69) is 0 Å². The van der Waals surface area contributed by atoms with E-state index in [0.29, 0.717) is 28.6 Å². The van der Waals surface area contributed by atoms with Crippen LogP contribution >= 0.6 is 0 Å². The van der Waals surface area contributed by atoms with Gasteiger partial charge in [-0.2, -0.15) is 0 Å². The van der Waals surface area contributed by atoms with Gasteiger partial charge in [-0.15, -0.1) is 0 Å². The van der Waals surface area contributed by atoms with E-state index in [4.69, 9.17) is 14.3 Å². The van der Waals surface area contributed by atoms with Crippen LogP contribution in [-0.4, -0.2) is 47.7 Å². The quantitative estimate of drug-likeness (QED) is 0.841. The highest BCUT2D eigenvalue weighted by Gasteiger charge is 2.37. The predicted molar refractivity (Wildman–Crippen MR) is 80.9 cm³/mol. The Morgan fingerprint density at radius 3 is 2.65 bits per heavy atom. The number of benzene rings is 1. The first-order valence-electron chi connectivity index (χ1n) is 7.25. The highest BCUT2D eigenvalue weighted by molar-refractivity contribution is 5.91. The standard InChI is InChI=1S/C16H17NO6/c1-22-13-3-2-12(11-8-10(9-18)23-14(11)13)16(21)4-6-17(7-5-16)15(19)20/h2-3,8-9,21H,4-7H2,1H3,(H,19,20). The third-order valence-electron chi connectivity index (χ3n) is 4.37. The topological polar surface area (TPSA) is 100 Å². The Bertz CT molecular complexity index is 757. The maximum Gasteiger partial charge on any atom is 0.407 e. The number of carboxylic acid groups (broad SMARTS) is 1. The molecule has 2 N–H and O–H groups in total. The molecule has 2 aromatic rings. The van der Waals surface area contributed by atoms with Crippen LogP contribution in [0.5, 0.6) is 5.75 Å². The molecule has 3 rings (SSSR count). The molecule has 7 nitrogen and oxygen atoms in total. The van der Waals surface area contributed by atoms with Gasteiger partial charge >= 0.3 is 6.09 Å². The van der Waals surface area contributed by atoms with Gasteiger partial charge in [-0.05, 0) is 30.5 Å². The van der Waals surface area contributed by atoms with Gasteiger partial charge in [0, 0.05) is 18.5 Å². The number of carbonyl (C=O) groups is 2. The van der Waals surface area contributed by atoms with Gasteiger partial charge in [-0.3, -0.25) is 4.79 Å². The van der Waals surface area contributed by atoms with Gasteiger partial charge in [0.2, 0.25) is 0 Å².